The van der Waals surface area contributed by atoms with Gasteiger partial charge in [-0.25, -0.2) is 0 Å². The van der Waals surface area contributed by atoms with Gasteiger partial charge in [-0.2, -0.15) is 0 Å². The third-order valence-electron chi connectivity index (χ3n) is 1.74. The molecule has 0 fully saturated rings. The molecule has 0 aliphatic carbocycles. The van der Waals surface area contributed by atoms with Crippen molar-refractivity contribution in [3.8, 4) is 23.8 Å². The molecule has 3 heteroatoms. The summed E-state index contributed by atoms with van der Waals surface area (Å²) in [6.45, 7) is 0. The van der Waals surface area contributed by atoms with Crippen molar-refractivity contribution in [1.82, 2.24) is 0 Å². The lowest BCUT2D eigenvalue weighted by molar-refractivity contribution is 0.105. The van der Waals surface area contributed by atoms with Crippen molar-refractivity contribution >= 4 is 5.78 Å². The fourth-order valence-corrected chi connectivity index (χ4v) is 1.02. The molecule has 1 rings (SSSR count). The minimum atomic E-state index is -0.387. The molecule has 0 aliphatic rings. The Kier molecular flexibility index (Phi) is 3.14. The van der Waals surface area contributed by atoms with Crippen LogP contribution in [0.25, 0.3) is 0 Å². The zero-order chi connectivity index (χ0) is 10.6. The summed E-state index contributed by atoms with van der Waals surface area (Å²) in [5.41, 5.74) is 0.392. The van der Waals surface area contributed by atoms with Crippen molar-refractivity contribution in [3.05, 3.63) is 23.8 Å². The van der Waals surface area contributed by atoms with E-state index in [2.05, 4.69) is 0 Å². The predicted octanol–water partition coefficient (Wildman–Crippen LogP) is 1.52. The Balaban J connectivity index is 3.18. The summed E-state index contributed by atoms with van der Waals surface area (Å²) >= 11 is 0. The summed E-state index contributed by atoms with van der Waals surface area (Å²) in [4.78, 5) is 11.2. The van der Waals surface area contributed by atoms with E-state index in [0.717, 1.165) is 0 Å². The summed E-state index contributed by atoms with van der Waals surface area (Å²) in [7, 11) is 3.03. The molecule has 0 saturated heterocycles. The highest BCUT2D eigenvalue weighted by molar-refractivity contribution is 6.09. The molecule has 0 spiro atoms. The molecular weight excluding hydrogens is 180 g/mol. The van der Waals surface area contributed by atoms with E-state index in [4.69, 9.17) is 15.9 Å². The maximum absolute atomic E-state index is 11.2. The summed E-state index contributed by atoms with van der Waals surface area (Å²) in [6.07, 6.45) is 5.01. The van der Waals surface area contributed by atoms with Gasteiger partial charge in [-0.15, -0.1) is 6.42 Å². The maximum atomic E-state index is 11.2. The maximum Gasteiger partial charge on any atom is 0.235 e. The fraction of sp³-hybridized carbons (Fsp3) is 0.182. The zero-order valence-corrected chi connectivity index (χ0v) is 8.03. The van der Waals surface area contributed by atoms with Gasteiger partial charge < -0.3 is 9.47 Å². The average molecular weight is 190 g/mol. The predicted molar refractivity (Wildman–Crippen MR) is 52.7 cm³/mol. The molecule has 0 bridgehead atoms. The topological polar surface area (TPSA) is 35.5 Å². The van der Waals surface area contributed by atoms with E-state index in [1.54, 1.807) is 18.2 Å². The van der Waals surface area contributed by atoms with Crippen LogP contribution in [0, 0.1) is 12.3 Å². The highest BCUT2D eigenvalue weighted by Gasteiger charge is 2.06. The first kappa shape index (κ1) is 10.1. The molecule has 1 aromatic rings. The molecule has 0 aliphatic heterocycles. The lowest BCUT2D eigenvalue weighted by atomic mass is 10.1. The molecule has 0 heterocycles. The van der Waals surface area contributed by atoms with Gasteiger partial charge in [0, 0.05) is 11.6 Å². The smallest absolute Gasteiger partial charge is 0.235 e. The standard InChI is InChI=1S/C11H10O3/c1-4-11(12)8-5-9(13-2)7-10(6-8)14-3/h1,5-7H,2-3H3. The SMILES string of the molecule is C#CC(=O)c1cc(OC)cc(OC)c1. The highest BCUT2D eigenvalue weighted by atomic mass is 16.5. The number of hydrogen-bond donors (Lipinski definition) is 0. The van der Waals surface area contributed by atoms with Crippen LogP contribution in [0.1, 0.15) is 10.4 Å². The van der Waals surface area contributed by atoms with Crippen LogP contribution in [0.2, 0.25) is 0 Å². The van der Waals surface area contributed by atoms with E-state index in [0.29, 0.717) is 17.1 Å². The van der Waals surface area contributed by atoms with Gasteiger partial charge in [0.25, 0.3) is 0 Å². The van der Waals surface area contributed by atoms with Gasteiger partial charge in [0.1, 0.15) is 11.5 Å². The Morgan fingerprint density at radius 1 is 1.21 bits per heavy atom. The minimum Gasteiger partial charge on any atom is -0.497 e. The van der Waals surface area contributed by atoms with E-state index >= 15 is 0 Å². The Morgan fingerprint density at radius 2 is 1.71 bits per heavy atom. The minimum absolute atomic E-state index is 0.387. The number of hydrogen-bond acceptors (Lipinski definition) is 3. The molecule has 0 saturated carbocycles. The first-order valence-corrected chi connectivity index (χ1v) is 3.95. The van der Waals surface area contributed by atoms with Crippen molar-refractivity contribution in [1.29, 1.82) is 0 Å². The Morgan fingerprint density at radius 3 is 2.07 bits per heavy atom. The van der Waals surface area contributed by atoms with Crippen LogP contribution in [-0.4, -0.2) is 20.0 Å². The summed E-state index contributed by atoms with van der Waals surface area (Å²) in [6, 6.07) is 4.82. The van der Waals surface area contributed by atoms with Crippen LogP contribution >= 0.6 is 0 Å². The summed E-state index contributed by atoms with van der Waals surface area (Å²) in [5, 5.41) is 0. The monoisotopic (exact) mass is 190 g/mol. The quantitative estimate of drug-likeness (QED) is 0.412. The molecule has 14 heavy (non-hydrogen) atoms. The molecule has 1 aromatic carbocycles. The van der Waals surface area contributed by atoms with Gasteiger partial charge in [0.2, 0.25) is 5.78 Å². The molecule has 72 valence electrons. The summed E-state index contributed by atoms with van der Waals surface area (Å²) < 4.78 is 9.98. The molecule has 0 aromatic heterocycles. The molecule has 0 unspecified atom stereocenters. The van der Waals surface area contributed by atoms with Crippen LogP contribution in [0.3, 0.4) is 0 Å². The molecule has 0 atom stereocenters. The van der Waals surface area contributed by atoms with Gasteiger partial charge in [-0.1, -0.05) is 0 Å². The first-order chi connectivity index (χ1) is 6.71. The Labute approximate surface area is 82.6 Å². The van der Waals surface area contributed by atoms with E-state index < -0.39 is 0 Å². The molecule has 0 N–H and O–H groups in total. The molecular formula is C11H10O3. The number of methoxy groups -OCH3 is 2. The summed E-state index contributed by atoms with van der Waals surface area (Å²) in [5.74, 6) is 2.74. The van der Waals surface area contributed by atoms with E-state index in [1.165, 1.54) is 14.2 Å². The van der Waals surface area contributed by atoms with Gasteiger partial charge in [-0.05, 0) is 18.1 Å². The second-order valence-corrected chi connectivity index (χ2v) is 2.57. The number of rotatable bonds is 3. The van der Waals surface area contributed by atoms with Crippen LogP contribution in [0.4, 0.5) is 0 Å². The molecule has 0 radical (unpaired) electrons. The van der Waals surface area contributed by atoms with Crippen LogP contribution < -0.4 is 9.47 Å². The van der Waals surface area contributed by atoms with Crippen LogP contribution in [0.15, 0.2) is 18.2 Å². The van der Waals surface area contributed by atoms with E-state index in [9.17, 15) is 4.79 Å². The third kappa shape index (κ3) is 2.05. The van der Waals surface area contributed by atoms with Crippen molar-refractivity contribution in [3.63, 3.8) is 0 Å². The van der Waals surface area contributed by atoms with Crippen molar-refractivity contribution in [2.75, 3.05) is 14.2 Å². The Bertz CT molecular complexity index is 366. The third-order valence-corrected chi connectivity index (χ3v) is 1.74. The van der Waals surface area contributed by atoms with Crippen molar-refractivity contribution in [2.45, 2.75) is 0 Å². The number of benzene rings is 1. The largest absolute Gasteiger partial charge is 0.497 e. The number of carbonyl (C=O) groups is 1. The number of ketones is 1. The van der Waals surface area contributed by atoms with Gasteiger partial charge in [0.15, 0.2) is 0 Å². The van der Waals surface area contributed by atoms with Crippen LogP contribution in [-0.2, 0) is 0 Å². The fourth-order valence-electron chi connectivity index (χ4n) is 1.02. The highest BCUT2D eigenvalue weighted by Crippen LogP contribution is 2.22. The number of Topliss-reactive ketones (excluding diaryl/α,β-unsaturated/α-hetero) is 1. The normalized spacial score (nSPS) is 8.93. The van der Waals surface area contributed by atoms with E-state index in [-0.39, 0.29) is 5.78 Å². The Hall–Kier alpha value is -1.95. The van der Waals surface area contributed by atoms with Crippen LogP contribution in [0.5, 0.6) is 11.5 Å². The van der Waals surface area contributed by atoms with Gasteiger partial charge in [0.05, 0.1) is 14.2 Å². The first-order valence-electron chi connectivity index (χ1n) is 3.95. The number of terminal acetylenes is 1. The molecule has 0 amide bonds. The number of ether oxygens (including phenoxy) is 2. The van der Waals surface area contributed by atoms with Crippen molar-refractivity contribution in [2.24, 2.45) is 0 Å². The average Bonchev–Trinajstić information content (AvgIpc) is 2.27. The van der Waals surface area contributed by atoms with Crippen molar-refractivity contribution < 1.29 is 14.3 Å². The van der Waals surface area contributed by atoms with E-state index in [1.807, 2.05) is 5.92 Å². The number of carbonyl (C=O) groups excluding carboxylic acids is 1. The lowest BCUT2D eigenvalue weighted by Crippen LogP contribution is -1.97. The lowest BCUT2D eigenvalue weighted by Gasteiger charge is -2.05. The molecule has 3 nitrogen and oxygen atoms in total. The van der Waals surface area contributed by atoms with Gasteiger partial charge >= 0.3 is 0 Å². The second-order valence-electron chi connectivity index (χ2n) is 2.57. The van der Waals surface area contributed by atoms with Gasteiger partial charge in [-0.3, -0.25) is 4.79 Å². The zero-order valence-electron chi connectivity index (χ0n) is 8.03. The second kappa shape index (κ2) is 4.33.